The zero-order valence-corrected chi connectivity index (χ0v) is 14.9. The van der Waals surface area contributed by atoms with E-state index in [1.165, 1.54) is 5.69 Å². The van der Waals surface area contributed by atoms with Crippen LogP contribution in [0, 0.1) is 13.8 Å². The first-order chi connectivity index (χ1) is 11.9. The Balaban J connectivity index is 1.83. The van der Waals surface area contributed by atoms with Crippen LogP contribution in [0.2, 0.25) is 0 Å². The molecule has 1 aromatic heterocycles. The van der Waals surface area contributed by atoms with Gasteiger partial charge in [0.1, 0.15) is 5.75 Å². The first kappa shape index (κ1) is 17.0. The van der Waals surface area contributed by atoms with Gasteiger partial charge in [-0.25, -0.2) is 0 Å². The van der Waals surface area contributed by atoms with Crippen LogP contribution in [0.4, 0.5) is 5.69 Å². The number of ketones is 1. The molecule has 5 nitrogen and oxygen atoms in total. The number of fused-ring (bicyclic) bond motifs is 1. The van der Waals surface area contributed by atoms with Gasteiger partial charge in [0.25, 0.3) is 5.91 Å². The molecule has 1 aliphatic rings. The summed E-state index contributed by atoms with van der Waals surface area (Å²) in [4.78, 5) is 23.9. The van der Waals surface area contributed by atoms with E-state index in [4.69, 9.17) is 4.74 Å². The normalized spacial score (nSPS) is 13.7. The molecule has 0 radical (unpaired) electrons. The predicted octanol–water partition coefficient (Wildman–Crippen LogP) is 3.91. The number of ether oxygens (including phenoxy) is 1. The van der Waals surface area contributed by atoms with Gasteiger partial charge in [0.15, 0.2) is 12.4 Å². The number of aromatic nitrogens is 1. The van der Waals surface area contributed by atoms with E-state index in [1.54, 1.807) is 24.3 Å². The molecular weight excluding hydrogens is 316 g/mol. The summed E-state index contributed by atoms with van der Waals surface area (Å²) in [6.07, 6.45) is 3.41. The summed E-state index contributed by atoms with van der Waals surface area (Å²) >= 11 is 0. The predicted molar refractivity (Wildman–Crippen MR) is 98.2 cm³/mol. The fourth-order valence-electron chi connectivity index (χ4n) is 3.26. The monoisotopic (exact) mass is 338 g/mol. The number of anilines is 1. The zero-order chi connectivity index (χ0) is 18.1. The number of aryl methyl sites for hydroxylation is 1. The van der Waals surface area contributed by atoms with Gasteiger partial charge in [-0.2, -0.15) is 0 Å². The summed E-state index contributed by atoms with van der Waals surface area (Å²) in [5.41, 5.74) is 4.40. The molecule has 0 fully saturated rings. The Morgan fingerprint density at radius 3 is 2.72 bits per heavy atom. The molecule has 130 valence electrons. The smallest absolute Gasteiger partial charge is 0.262 e. The first-order valence-electron chi connectivity index (χ1n) is 8.34. The molecule has 1 amide bonds. The quantitative estimate of drug-likeness (QED) is 0.679. The van der Waals surface area contributed by atoms with E-state index >= 15 is 0 Å². The van der Waals surface area contributed by atoms with Crippen LogP contribution < -0.4 is 10.1 Å². The molecule has 1 aromatic carbocycles. The highest BCUT2D eigenvalue weighted by Crippen LogP contribution is 2.29. The van der Waals surface area contributed by atoms with Crippen LogP contribution in [0.3, 0.4) is 0 Å². The van der Waals surface area contributed by atoms with Crippen molar-refractivity contribution in [2.45, 2.75) is 33.7 Å². The van der Waals surface area contributed by atoms with Crippen molar-refractivity contribution in [1.29, 1.82) is 0 Å². The summed E-state index contributed by atoms with van der Waals surface area (Å²) in [5.74, 6) is 0.256. The van der Waals surface area contributed by atoms with E-state index in [0.29, 0.717) is 23.0 Å². The average molecular weight is 338 g/mol. The summed E-state index contributed by atoms with van der Waals surface area (Å²) in [6, 6.07) is 7.53. The molecule has 25 heavy (non-hydrogen) atoms. The van der Waals surface area contributed by atoms with Gasteiger partial charge in [-0.15, -0.1) is 0 Å². The van der Waals surface area contributed by atoms with Crippen LogP contribution in [0.25, 0.3) is 6.08 Å². The number of hydrogen-bond acceptors (Lipinski definition) is 3. The van der Waals surface area contributed by atoms with Crippen molar-refractivity contribution >= 4 is 23.5 Å². The van der Waals surface area contributed by atoms with Crippen molar-refractivity contribution in [2.75, 3.05) is 11.9 Å². The standard InChI is InChI=1S/C20H22N2O3/c1-12(2)22-13(3)9-15(14(22)4)5-7-18(23)16-6-8-19-17(10-16)21-20(24)11-25-19/h5-10,12H,11H2,1-4H3,(H,21,24)/b7-5+. The second kappa shape index (κ2) is 6.59. The topological polar surface area (TPSA) is 60.3 Å². The third-order valence-corrected chi connectivity index (χ3v) is 4.35. The fraction of sp³-hybridized carbons (Fsp3) is 0.300. The molecule has 0 bridgehead atoms. The van der Waals surface area contributed by atoms with Crippen molar-refractivity contribution in [3.63, 3.8) is 0 Å². The number of nitrogens with one attached hydrogen (secondary N) is 1. The van der Waals surface area contributed by atoms with Gasteiger partial charge in [0, 0.05) is 23.0 Å². The highest BCUT2D eigenvalue weighted by molar-refractivity contribution is 6.08. The Hall–Kier alpha value is -2.82. The van der Waals surface area contributed by atoms with E-state index in [0.717, 1.165) is 11.3 Å². The van der Waals surface area contributed by atoms with Gasteiger partial charge >= 0.3 is 0 Å². The van der Waals surface area contributed by atoms with Crippen LogP contribution in [0.1, 0.15) is 47.2 Å². The number of allylic oxidation sites excluding steroid dienone is 1. The minimum Gasteiger partial charge on any atom is -0.482 e. The van der Waals surface area contributed by atoms with E-state index in [2.05, 4.69) is 43.6 Å². The van der Waals surface area contributed by atoms with E-state index < -0.39 is 0 Å². The van der Waals surface area contributed by atoms with Crippen LogP contribution in [0.5, 0.6) is 5.75 Å². The van der Waals surface area contributed by atoms with Crippen LogP contribution in [-0.4, -0.2) is 22.9 Å². The molecule has 2 aromatic rings. The molecule has 0 unspecified atom stereocenters. The van der Waals surface area contributed by atoms with Gasteiger partial charge in [-0.1, -0.05) is 0 Å². The molecule has 1 N–H and O–H groups in total. The molecule has 5 heteroatoms. The van der Waals surface area contributed by atoms with Crippen LogP contribution in [-0.2, 0) is 4.79 Å². The van der Waals surface area contributed by atoms with Gasteiger partial charge < -0.3 is 14.6 Å². The zero-order valence-electron chi connectivity index (χ0n) is 14.9. The van der Waals surface area contributed by atoms with E-state index in [9.17, 15) is 9.59 Å². The minimum absolute atomic E-state index is 0.00562. The van der Waals surface area contributed by atoms with Crippen molar-refractivity contribution < 1.29 is 14.3 Å². The van der Waals surface area contributed by atoms with Crippen LogP contribution >= 0.6 is 0 Å². The number of nitrogens with zero attached hydrogens (tertiary/aromatic N) is 1. The van der Waals surface area contributed by atoms with E-state index in [-0.39, 0.29) is 18.3 Å². The first-order valence-corrected chi connectivity index (χ1v) is 8.34. The van der Waals surface area contributed by atoms with Gasteiger partial charge in [-0.3, -0.25) is 9.59 Å². The number of carbonyl (C=O) groups excluding carboxylic acids is 2. The average Bonchev–Trinajstić information content (AvgIpc) is 2.85. The fourth-order valence-corrected chi connectivity index (χ4v) is 3.26. The Labute approximate surface area is 147 Å². The lowest BCUT2D eigenvalue weighted by Crippen LogP contribution is -2.25. The lowest BCUT2D eigenvalue weighted by atomic mass is 10.1. The molecule has 1 aliphatic heterocycles. The number of amides is 1. The maximum absolute atomic E-state index is 12.5. The number of benzene rings is 1. The maximum atomic E-state index is 12.5. The van der Waals surface area contributed by atoms with Gasteiger partial charge in [0.05, 0.1) is 5.69 Å². The lowest BCUT2D eigenvalue weighted by molar-refractivity contribution is -0.118. The Bertz CT molecular complexity index is 875. The molecule has 0 saturated carbocycles. The summed E-state index contributed by atoms with van der Waals surface area (Å²) < 4.78 is 7.56. The lowest BCUT2D eigenvalue weighted by Gasteiger charge is -2.17. The van der Waals surface area contributed by atoms with Crippen molar-refractivity contribution in [3.8, 4) is 5.75 Å². The Morgan fingerprint density at radius 1 is 1.28 bits per heavy atom. The van der Waals surface area contributed by atoms with Crippen molar-refractivity contribution in [3.05, 3.63) is 52.9 Å². The van der Waals surface area contributed by atoms with E-state index in [1.807, 2.05) is 6.08 Å². The van der Waals surface area contributed by atoms with Crippen LogP contribution in [0.15, 0.2) is 30.3 Å². The SMILES string of the molecule is Cc1cc(/C=C/C(=O)c2ccc3c(c2)NC(=O)CO3)c(C)n1C(C)C. The summed E-state index contributed by atoms with van der Waals surface area (Å²) in [7, 11) is 0. The molecule has 2 heterocycles. The maximum Gasteiger partial charge on any atom is 0.262 e. The summed E-state index contributed by atoms with van der Waals surface area (Å²) in [5, 5.41) is 2.72. The Kier molecular flexibility index (Phi) is 4.49. The highest BCUT2D eigenvalue weighted by atomic mass is 16.5. The second-order valence-electron chi connectivity index (χ2n) is 6.54. The highest BCUT2D eigenvalue weighted by Gasteiger charge is 2.17. The third-order valence-electron chi connectivity index (χ3n) is 4.35. The summed E-state index contributed by atoms with van der Waals surface area (Å²) in [6.45, 7) is 8.41. The molecular formula is C20H22N2O3. The molecule has 0 atom stereocenters. The molecule has 3 rings (SSSR count). The number of rotatable bonds is 4. The Morgan fingerprint density at radius 2 is 2.04 bits per heavy atom. The number of carbonyl (C=O) groups is 2. The third kappa shape index (κ3) is 3.36. The van der Waals surface area contributed by atoms with Gasteiger partial charge in [-0.05, 0) is 69.7 Å². The van der Waals surface area contributed by atoms with Crippen molar-refractivity contribution in [1.82, 2.24) is 4.57 Å². The van der Waals surface area contributed by atoms with Gasteiger partial charge in [0.2, 0.25) is 0 Å². The molecule has 0 aliphatic carbocycles. The minimum atomic E-state index is -0.214. The van der Waals surface area contributed by atoms with Crippen molar-refractivity contribution in [2.24, 2.45) is 0 Å². The second-order valence-corrected chi connectivity index (χ2v) is 6.54. The number of hydrogen-bond donors (Lipinski definition) is 1. The largest absolute Gasteiger partial charge is 0.482 e. The molecule has 0 spiro atoms. The molecule has 0 saturated heterocycles.